The van der Waals surface area contributed by atoms with E-state index in [-0.39, 0.29) is 24.6 Å². The Morgan fingerprint density at radius 1 is 0.879 bits per heavy atom. The average molecular weight is 463 g/mol. The van der Waals surface area contributed by atoms with Gasteiger partial charge in [-0.25, -0.2) is 0 Å². The van der Waals surface area contributed by atoms with Gasteiger partial charge >= 0.3 is 5.97 Å². The summed E-state index contributed by atoms with van der Waals surface area (Å²) in [5, 5.41) is 3.79. The van der Waals surface area contributed by atoms with Crippen LogP contribution in [0.3, 0.4) is 0 Å². The van der Waals surface area contributed by atoms with Gasteiger partial charge in [-0.3, -0.25) is 4.79 Å². The van der Waals surface area contributed by atoms with E-state index in [4.69, 9.17) is 14.2 Å². The molecule has 3 aromatic carbocycles. The maximum atomic E-state index is 12.0. The molecule has 0 aliphatic carbocycles. The number of carbonyl (C=O) groups excluding carboxylic acids is 1. The lowest BCUT2D eigenvalue weighted by Crippen LogP contribution is -2.46. The molecule has 1 aliphatic rings. The first-order valence-corrected chi connectivity index (χ1v) is 13.1. The van der Waals surface area contributed by atoms with E-state index < -0.39 is 12.7 Å². The van der Waals surface area contributed by atoms with Crippen LogP contribution in [0.25, 0.3) is 0 Å². The van der Waals surface area contributed by atoms with Gasteiger partial charge in [-0.2, -0.15) is 0 Å². The first-order valence-electron chi connectivity index (χ1n) is 11.3. The molecule has 2 atom stereocenters. The molecule has 0 amide bonds. The Bertz CT molecular complexity index is 1010. The van der Waals surface area contributed by atoms with E-state index in [0.717, 1.165) is 0 Å². The molecule has 5 heteroatoms. The Labute approximate surface area is 196 Å². The number of rotatable bonds is 6. The zero-order valence-corrected chi connectivity index (χ0v) is 20.3. The lowest BCUT2D eigenvalue weighted by atomic mass is 10.1. The molecule has 4 rings (SSSR count). The highest BCUT2D eigenvalue weighted by Gasteiger charge is 2.38. The lowest BCUT2D eigenvalue weighted by Gasteiger charge is -2.41. The van der Waals surface area contributed by atoms with Crippen LogP contribution in [0.1, 0.15) is 26.7 Å². The van der Waals surface area contributed by atoms with Crippen molar-refractivity contribution in [3.63, 3.8) is 0 Å². The zero-order chi connectivity index (χ0) is 23.3. The first kappa shape index (κ1) is 23.5. The summed E-state index contributed by atoms with van der Waals surface area (Å²) in [6, 6.07) is 32.0. The Morgan fingerprint density at radius 2 is 1.33 bits per heavy atom. The third-order valence-corrected chi connectivity index (χ3v) is 10.0. The standard InChI is InChI=1S/C28H31O4P/c1-28(2)31-22(20-27(29)30-3)19-23(32-28)21-33(24-13-7-4-8-14-24,25-15-9-5-10-16-25)26-17-11-6-12-18-26/h4-18,21-23H,19-20H2,1-3H3. The molecule has 1 aliphatic heterocycles. The molecule has 1 heterocycles. The number of hydrogen-bond donors (Lipinski definition) is 0. The van der Waals surface area contributed by atoms with E-state index in [2.05, 4.69) is 96.8 Å². The van der Waals surface area contributed by atoms with Crippen molar-refractivity contribution in [1.82, 2.24) is 0 Å². The van der Waals surface area contributed by atoms with Crippen LogP contribution in [-0.2, 0) is 19.0 Å². The van der Waals surface area contributed by atoms with Crippen LogP contribution < -0.4 is 15.9 Å². The van der Waals surface area contributed by atoms with Crippen LogP contribution in [0.5, 0.6) is 0 Å². The second-order valence-corrected chi connectivity index (χ2v) is 12.0. The molecule has 33 heavy (non-hydrogen) atoms. The maximum Gasteiger partial charge on any atom is 0.308 e. The summed E-state index contributed by atoms with van der Waals surface area (Å²) in [7, 11) is 1.41. The van der Waals surface area contributed by atoms with Crippen molar-refractivity contribution >= 4 is 34.6 Å². The van der Waals surface area contributed by atoms with Crippen molar-refractivity contribution in [1.29, 1.82) is 0 Å². The normalized spacial score (nSPS) is 20.1. The van der Waals surface area contributed by atoms with E-state index in [1.165, 1.54) is 23.0 Å². The number of carbonyl (C=O) groups is 1. The maximum absolute atomic E-state index is 12.0. The molecule has 1 saturated heterocycles. The average Bonchev–Trinajstić information content (AvgIpc) is 2.83. The van der Waals surface area contributed by atoms with Gasteiger partial charge in [-0.15, -0.1) is 0 Å². The number of ether oxygens (including phenoxy) is 3. The molecule has 3 aromatic rings. The zero-order valence-electron chi connectivity index (χ0n) is 19.4. The van der Waals surface area contributed by atoms with Crippen LogP contribution >= 0.6 is 6.89 Å². The summed E-state index contributed by atoms with van der Waals surface area (Å²) in [6.45, 7) is 1.65. The molecule has 172 valence electrons. The van der Waals surface area contributed by atoms with Gasteiger partial charge in [0.2, 0.25) is 0 Å². The van der Waals surface area contributed by atoms with Gasteiger partial charge in [-0.05, 0) is 42.4 Å². The Kier molecular flexibility index (Phi) is 7.19. The van der Waals surface area contributed by atoms with Crippen molar-refractivity contribution in [2.24, 2.45) is 0 Å². The lowest BCUT2D eigenvalue weighted by molar-refractivity contribution is -0.285. The smallest absolute Gasteiger partial charge is 0.308 e. The molecule has 0 bridgehead atoms. The summed E-state index contributed by atoms with van der Waals surface area (Å²) >= 11 is 0. The number of esters is 1. The van der Waals surface area contributed by atoms with Crippen LogP contribution in [0.4, 0.5) is 0 Å². The van der Waals surface area contributed by atoms with Gasteiger partial charge in [0.05, 0.1) is 25.7 Å². The van der Waals surface area contributed by atoms with Crippen molar-refractivity contribution in [2.45, 2.75) is 44.7 Å². The van der Waals surface area contributed by atoms with Gasteiger partial charge < -0.3 is 14.2 Å². The topological polar surface area (TPSA) is 44.8 Å². The Hall–Kier alpha value is -2.65. The highest BCUT2D eigenvalue weighted by molar-refractivity contribution is 7.94. The molecule has 1 fully saturated rings. The first-order chi connectivity index (χ1) is 15.9. The fourth-order valence-corrected chi connectivity index (χ4v) is 8.60. The predicted molar refractivity (Wildman–Crippen MR) is 136 cm³/mol. The number of benzene rings is 3. The van der Waals surface area contributed by atoms with Crippen molar-refractivity contribution in [3.8, 4) is 0 Å². The molecule has 0 radical (unpaired) electrons. The van der Waals surface area contributed by atoms with E-state index >= 15 is 0 Å². The molecule has 0 spiro atoms. The molecule has 0 N–H and O–H groups in total. The minimum Gasteiger partial charge on any atom is -0.469 e. The molecule has 4 nitrogen and oxygen atoms in total. The van der Waals surface area contributed by atoms with Crippen molar-refractivity contribution < 1.29 is 19.0 Å². The van der Waals surface area contributed by atoms with Crippen LogP contribution in [0.2, 0.25) is 0 Å². The van der Waals surface area contributed by atoms with E-state index in [1.807, 2.05) is 13.8 Å². The molecular weight excluding hydrogens is 431 g/mol. The largest absolute Gasteiger partial charge is 0.469 e. The highest BCUT2D eigenvalue weighted by Crippen LogP contribution is 2.45. The fourth-order valence-electron chi connectivity index (χ4n) is 4.58. The van der Waals surface area contributed by atoms with Crippen molar-refractivity contribution in [3.05, 3.63) is 91.0 Å². The van der Waals surface area contributed by atoms with Crippen LogP contribution in [0, 0.1) is 0 Å². The monoisotopic (exact) mass is 462 g/mol. The van der Waals surface area contributed by atoms with Crippen LogP contribution in [-0.4, -0.2) is 36.9 Å². The van der Waals surface area contributed by atoms with Crippen molar-refractivity contribution in [2.75, 3.05) is 7.11 Å². The van der Waals surface area contributed by atoms with Gasteiger partial charge in [0.1, 0.15) is 0 Å². The summed E-state index contributed by atoms with van der Waals surface area (Å²) < 4.78 is 17.4. The second-order valence-electron chi connectivity index (χ2n) is 8.69. The highest BCUT2D eigenvalue weighted by atomic mass is 31.2. The molecular formula is C28H31O4P. The second kappa shape index (κ2) is 10.1. The van der Waals surface area contributed by atoms with Crippen LogP contribution in [0.15, 0.2) is 91.0 Å². The SMILES string of the molecule is COC(=O)CC1CC(C=P(c2ccccc2)(c2ccccc2)c2ccccc2)OC(C)(C)O1. The van der Waals surface area contributed by atoms with E-state index in [9.17, 15) is 4.79 Å². The predicted octanol–water partition coefficient (Wildman–Crippen LogP) is 4.26. The minimum atomic E-state index is -2.17. The third kappa shape index (κ3) is 5.30. The van der Waals surface area contributed by atoms with E-state index in [1.54, 1.807) is 0 Å². The number of methoxy groups -OCH3 is 1. The Balaban J connectivity index is 1.92. The quantitative estimate of drug-likeness (QED) is 0.406. The fraction of sp³-hybridized carbons (Fsp3) is 0.286. The van der Waals surface area contributed by atoms with Gasteiger partial charge in [0.15, 0.2) is 5.79 Å². The Morgan fingerprint density at radius 3 is 1.76 bits per heavy atom. The number of hydrogen-bond acceptors (Lipinski definition) is 4. The summed E-state index contributed by atoms with van der Waals surface area (Å²) in [5.41, 5.74) is 0. The molecule has 0 saturated carbocycles. The minimum absolute atomic E-state index is 0.197. The van der Waals surface area contributed by atoms with Gasteiger partial charge in [0, 0.05) is 6.42 Å². The van der Waals surface area contributed by atoms with E-state index in [0.29, 0.717) is 6.42 Å². The molecule has 2 unspecified atom stereocenters. The van der Waals surface area contributed by atoms with Gasteiger partial charge in [-0.1, -0.05) is 91.0 Å². The van der Waals surface area contributed by atoms with Gasteiger partial charge in [0.25, 0.3) is 0 Å². The third-order valence-electron chi connectivity index (χ3n) is 5.88. The summed E-state index contributed by atoms with van der Waals surface area (Å²) in [5.74, 6) is 1.31. The summed E-state index contributed by atoms with van der Waals surface area (Å²) in [6.07, 6.45) is 0.331. The summed E-state index contributed by atoms with van der Waals surface area (Å²) in [4.78, 5) is 12.0. The molecule has 0 aromatic heterocycles.